The van der Waals surface area contributed by atoms with Crippen LogP contribution in [0.1, 0.15) is 24.3 Å². The monoisotopic (exact) mass is 302 g/mol. The molecular weight excluding hydrogens is 280 g/mol. The number of rotatable bonds is 1. The molecule has 1 aromatic heterocycles. The third kappa shape index (κ3) is 2.38. The number of aryl methyl sites for hydroxylation is 1. The van der Waals surface area contributed by atoms with Crippen LogP contribution in [-0.2, 0) is 0 Å². The van der Waals surface area contributed by atoms with Crippen molar-refractivity contribution in [2.24, 2.45) is 0 Å². The molecule has 0 bridgehead atoms. The Morgan fingerprint density at radius 2 is 2.10 bits per heavy atom. The van der Waals surface area contributed by atoms with E-state index in [1.807, 2.05) is 0 Å². The van der Waals surface area contributed by atoms with Gasteiger partial charge in [0.15, 0.2) is 0 Å². The minimum Gasteiger partial charge on any atom is -0.397 e. The van der Waals surface area contributed by atoms with Crippen LogP contribution in [0.2, 0.25) is 0 Å². The van der Waals surface area contributed by atoms with Crippen LogP contribution in [0.4, 0.5) is 11.4 Å². The largest absolute Gasteiger partial charge is 0.397 e. The predicted molar refractivity (Wildman–Crippen MR) is 90.2 cm³/mol. The van der Waals surface area contributed by atoms with Gasteiger partial charge in [0.25, 0.3) is 0 Å². The highest BCUT2D eigenvalue weighted by molar-refractivity contribution is 7.18. The van der Waals surface area contributed by atoms with Crippen LogP contribution in [0.15, 0.2) is 12.1 Å². The first kappa shape index (κ1) is 13.3. The van der Waals surface area contributed by atoms with Gasteiger partial charge in [0, 0.05) is 25.7 Å². The van der Waals surface area contributed by atoms with Gasteiger partial charge in [0.2, 0.25) is 0 Å². The molecule has 1 unspecified atom stereocenters. The van der Waals surface area contributed by atoms with E-state index in [4.69, 9.17) is 5.73 Å². The van der Waals surface area contributed by atoms with E-state index in [9.17, 15) is 0 Å². The Kier molecular flexibility index (Phi) is 3.27. The summed E-state index contributed by atoms with van der Waals surface area (Å²) in [5.41, 5.74) is 9.51. The normalized spacial score (nSPS) is 23.5. The highest BCUT2D eigenvalue weighted by Crippen LogP contribution is 2.34. The second kappa shape index (κ2) is 5.14. The van der Waals surface area contributed by atoms with Gasteiger partial charge in [0.1, 0.15) is 0 Å². The van der Waals surface area contributed by atoms with Crippen molar-refractivity contribution in [2.45, 2.75) is 32.2 Å². The van der Waals surface area contributed by atoms with Crippen LogP contribution in [-0.4, -0.2) is 42.1 Å². The Labute approximate surface area is 129 Å². The lowest BCUT2D eigenvalue weighted by molar-refractivity contribution is 0.273. The van der Waals surface area contributed by atoms with E-state index in [1.54, 1.807) is 11.3 Å². The van der Waals surface area contributed by atoms with Gasteiger partial charge in [0.05, 0.1) is 26.6 Å². The topological polar surface area (TPSA) is 45.4 Å². The van der Waals surface area contributed by atoms with Crippen LogP contribution in [0.3, 0.4) is 0 Å². The SMILES string of the molecule is Cc1nc2cc(N3CCCN4CCCC4C3)c(N)cc2s1. The third-order valence-corrected chi connectivity index (χ3v) is 5.72. The van der Waals surface area contributed by atoms with Gasteiger partial charge in [-0.15, -0.1) is 11.3 Å². The first-order valence-corrected chi connectivity index (χ1v) is 8.68. The Bertz CT molecular complexity index is 666. The number of fused-ring (bicyclic) bond motifs is 2. The van der Waals surface area contributed by atoms with Crippen molar-refractivity contribution < 1.29 is 0 Å². The van der Waals surface area contributed by atoms with Crippen molar-refractivity contribution in [3.8, 4) is 0 Å². The second-order valence-corrected chi connectivity index (χ2v) is 7.48. The average molecular weight is 302 g/mol. The molecule has 2 aromatic rings. The molecule has 2 aliphatic rings. The zero-order chi connectivity index (χ0) is 14.4. The first-order valence-electron chi connectivity index (χ1n) is 7.86. The quantitative estimate of drug-likeness (QED) is 0.823. The number of benzene rings is 1. The number of aromatic nitrogens is 1. The Hall–Kier alpha value is -1.33. The number of nitrogens with two attached hydrogens (primary N) is 1. The lowest BCUT2D eigenvalue weighted by atomic mass is 10.1. The fourth-order valence-electron chi connectivity index (χ4n) is 3.79. The third-order valence-electron chi connectivity index (χ3n) is 4.79. The molecule has 1 aromatic carbocycles. The van der Waals surface area contributed by atoms with Gasteiger partial charge in [-0.1, -0.05) is 0 Å². The molecule has 0 radical (unpaired) electrons. The fraction of sp³-hybridized carbons (Fsp3) is 0.562. The molecule has 2 N–H and O–H groups in total. The van der Waals surface area contributed by atoms with Crippen molar-refractivity contribution in [1.82, 2.24) is 9.88 Å². The first-order chi connectivity index (χ1) is 10.2. The molecule has 0 saturated carbocycles. The molecule has 2 aliphatic heterocycles. The highest BCUT2D eigenvalue weighted by atomic mass is 32.1. The van der Waals surface area contributed by atoms with Crippen molar-refractivity contribution in [3.63, 3.8) is 0 Å². The Morgan fingerprint density at radius 3 is 3.00 bits per heavy atom. The van der Waals surface area contributed by atoms with Gasteiger partial charge < -0.3 is 10.6 Å². The minimum atomic E-state index is 0.708. The van der Waals surface area contributed by atoms with Gasteiger partial charge in [-0.3, -0.25) is 4.90 Å². The number of hydrogen-bond acceptors (Lipinski definition) is 5. The van der Waals surface area contributed by atoms with E-state index in [0.717, 1.165) is 29.3 Å². The zero-order valence-corrected chi connectivity index (χ0v) is 13.3. The maximum Gasteiger partial charge on any atom is 0.0907 e. The second-order valence-electron chi connectivity index (χ2n) is 6.24. The van der Waals surface area contributed by atoms with Crippen molar-refractivity contribution in [2.75, 3.05) is 36.8 Å². The molecule has 4 nitrogen and oxygen atoms in total. The van der Waals surface area contributed by atoms with Gasteiger partial charge >= 0.3 is 0 Å². The fourth-order valence-corrected chi connectivity index (χ4v) is 4.65. The summed E-state index contributed by atoms with van der Waals surface area (Å²) in [5, 5.41) is 1.11. The van der Waals surface area contributed by atoms with Crippen LogP contribution < -0.4 is 10.6 Å². The molecular formula is C16H22N4S. The van der Waals surface area contributed by atoms with E-state index >= 15 is 0 Å². The number of anilines is 2. The molecule has 21 heavy (non-hydrogen) atoms. The summed E-state index contributed by atoms with van der Waals surface area (Å²) in [7, 11) is 0. The van der Waals surface area contributed by atoms with E-state index in [-0.39, 0.29) is 0 Å². The number of thiazole rings is 1. The van der Waals surface area contributed by atoms with Crippen molar-refractivity contribution in [1.29, 1.82) is 0 Å². The molecule has 5 heteroatoms. The molecule has 112 valence electrons. The summed E-state index contributed by atoms with van der Waals surface area (Å²) in [6.07, 6.45) is 3.90. The summed E-state index contributed by atoms with van der Waals surface area (Å²) in [5.74, 6) is 0. The molecule has 0 amide bonds. The summed E-state index contributed by atoms with van der Waals surface area (Å²) in [4.78, 5) is 9.77. The van der Waals surface area contributed by atoms with Gasteiger partial charge in [-0.05, 0) is 44.9 Å². The summed E-state index contributed by atoms with van der Waals surface area (Å²) in [6.45, 7) is 6.78. The van der Waals surface area contributed by atoms with Crippen LogP contribution in [0, 0.1) is 6.92 Å². The lowest BCUT2D eigenvalue weighted by Crippen LogP contribution is -2.36. The smallest absolute Gasteiger partial charge is 0.0907 e. The Balaban J connectivity index is 1.69. The van der Waals surface area contributed by atoms with E-state index < -0.39 is 0 Å². The summed E-state index contributed by atoms with van der Waals surface area (Å²) < 4.78 is 1.20. The summed E-state index contributed by atoms with van der Waals surface area (Å²) >= 11 is 1.72. The molecule has 2 saturated heterocycles. The van der Waals surface area contributed by atoms with Crippen molar-refractivity contribution in [3.05, 3.63) is 17.1 Å². The van der Waals surface area contributed by atoms with E-state index in [2.05, 4.69) is 33.8 Å². The Morgan fingerprint density at radius 1 is 1.24 bits per heavy atom. The van der Waals surface area contributed by atoms with Crippen LogP contribution in [0.5, 0.6) is 0 Å². The maximum absolute atomic E-state index is 6.34. The number of nitrogens with zero attached hydrogens (tertiary/aromatic N) is 3. The van der Waals surface area contributed by atoms with Crippen LogP contribution in [0.25, 0.3) is 10.2 Å². The standard InChI is InChI=1S/C16H22N4S/c1-11-18-14-9-15(13(17)8-16(14)21-11)20-7-3-6-19-5-2-4-12(19)10-20/h8-9,12H,2-7,10,17H2,1H3. The van der Waals surface area contributed by atoms with Crippen molar-refractivity contribution >= 4 is 32.9 Å². The van der Waals surface area contributed by atoms with Crippen LogP contribution >= 0.6 is 11.3 Å². The van der Waals surface area contributed by atoms with E-state index in [0.29, 0.717) is 6.04 Å². The number of nitrogen functional groups attached to an aromatic ring is 1. The predicted octanol–water partition coefficient (Wildman–Crippen LogP) is 2.86. The molecule has 2 fully saturated rings. The number of hydrogen-bond donors (Lipinski definition) is 1. The molecule has 0 spiro atoms. The maximum atomic E-state index is 6.34. The lowest BCUT2D eigenvalue weighted by Gasteiger charge is -2.28. The average Bonchev–Trinajstić information content (AvgIpc) is 2.97. The highest BCUT2D eigenvalue weighted by Gasteiger charge is 2.29. The van der Waals surface area contributed by atoms with E-state index in [1.165, 1.54) is 42.7 Å². The molecule has 3 heterocycles. The minimum absolute atomic E-state index is 0.708. The molecule has 4 rings (SSSR count). The molecule has 0 aliphatic carbocycles. The summed E-state index contributed by atoms with van der Waals surface area (Å²) in [6, 6.07) is 5.01. The van der Waals surface area contributed by atoms with Gasteiger partial charge in [-0.25, -0.2) is 4.98 Å². The molecule has 1 atom stereocenters. The van der Waals surface area contributed by atoms with Gasteiger partial charge in [-0.2, -0.15) is 0 Å². The zero-order valence-electron chi connectivity index (χ0n) is 12.5.